The maximum absolute atomic E-state index is 11.4. The van der Waals surface area contributed by atoms with E-state index in [0.29, 0.717) is 11.4 Å². The van der Waals surface area contributed by atoms with Gasteiger partial charge in [0.25, 0.3) is 0 Å². The van der Waals surface area contributed by atoms with Crippen LogP contribution in [0.1, 0.15) is 11.1 Å². The molecule has 1 atom stereocenters. The summed E-state index contributed by atoms with van der Waals surface area (Å²) >= 11 is 6.44. The number of esters is 1. The highest BCUT2D eigenvalue weighted by Crippen LogP contribution is 2.31. The lowest BCUT2D eigenvalue weighted by Gasteiger charge is -2.30. The molecule has 1 aromatic carbocycles. The molecule has 21 heavy (non-hydrogen) atoms. The summed E-state index contributed by atoms with van der Waals surface area (Å²) < 4.78 is 10.0. The van der Waals surface area contributed by atoms with Gasteiger partial charge in [-0.25, -0.2) is 0 Å². The molecule has 0 amide bonds. The fourth-order valence-corrected chi connectivity index (χ4v) is 2.74. The van der Waals surface area contributed by atoms with Gasteiger partial charge in [0.15, 0.2) is 0 Å². The summed E-state index contributed by atoms with van der Waals surface area (Å²) in [7, 11) is 1.33. The zero-order chi connectivity index (χ0) is 15.4. The van der Waals surface area contributed by atoms with Crippen LogP contribution >= 0.6 is 11.6 Å². The summed E-state index contributed by atoms with van der Waals surface area (Å²) in [6, 6.07) is 3.27. The monoisotopic (exact) mass is 312 g/mol. The van der Waals surface area contributed by atoms with Crippen molar-refractivity contribution >= 4 is 23.3 Å². The molecule has 0 aromatic heterocycles. The number of ether oxygens (including phenoxy) is 2. The van der Waals surface area contributed by atoms with Crippen LogP contribution in [0.25, 0.3) is 0 Å². The van der Waals surface area contributed by atoms with E-state index in [1.807, 2.05) is 19.1 Å². The summed E-state index contributed by atoms with van der Waals surface area (Å²) in [5.41, 5.74) is 8.78. The standard InChI is InChI=1S/C15H21ClN2O3/c1-10-13(18-5-7-21-8-6-18)4-3-11(14(10)16)9-12(17)15(19)20-2/h3-4,12H,5-9,17H2,1-2H3. The van der Waals surface area contributed by atoms with E-state index in [9.17, 15) is 4.79 Å². The van der Waals surface area contributed by atoms with Gasteiger partial charge in [-0.15, -0.1) is 0 Å². The summed E-state index contributed by atoms with van der Waals surface area (Å²) in [5.74, 6) is -0.430. The minimum absolute atomic E-state index is 0.371. The second-order valence-electron chi connectivity index (χ2n) is 5.12. The lowest BCUT2D eigenvalue weighted by Crippen LogP contribution is -2.37. The van der Waals surface area contributed by atoms with Crippen LogP contribution in [-0.2, 0) is 20.7 Å². The number of morpholine rings is 1. The largest absolute Gasteiger partial charge is 0.468 e. The molecule has 2 rings (SSSR count). The lowest BCUT2D eigenvalue weighted by atomic mass is 10.0. The SMILES string of the molecule is COC(=O)C(N)Cc1ccc(N2CCOCC2)c(C)c1Cl. The van der Waals surface area contributed by atoms with Crippen molar-refractivity contribution in [3.8, 4) is 0 Å². The van der Waals surface area contributed by atoms with Crippen molar-refractivity contribution in [3.63, 3.8) is 0 Å². The number of benzene rings is 1. The summed E-state index contributed by atoms with van der Waals surface area (Å²) in [5, 5.41) is 0.665. The quantitative estimate of drug-likeness (QED) is 0.854. The van der Waals surface area contributed by atoms with E-state index >= 15 is 0 Å². The predicted molar refractivity (Wildman–Crippen MR) is 82.9 cm³/mol. The van der Waals surface area contributed by atoms with Crippen LogP contribution in [0.4, 0.5) is 5.69 Å². The Labute approximate surface area is 130 Å². The molecule has 116 valence electrons. The highest BCUT2D eigenvalue weighted by Gasteiger charge is 2.20. The lowest BCUT2D eigenvalue weighted by molar-refractivity contribution is -0.142. The topological polar surface area (TPSA) is 64.8 Å². The first-order valence-corrected chi connectivity index (χ1v) is 7.36. The fraction of sp³-hybridized carbons (Fsp3) is 0.533. The third kappa shape index (κ3) is 3.67. The van der Waals surface area contributed by atoms with Crippen LogP contribution in [0, 0.1) is 6.92 Å². The second kappa shape index (κ2) is 7.11. The van der Waals surface area contributed by atoms with Crippen LogP contribution in [0.15, 0.2) is 12.1 Å². The highest BCUT2D eigenvalue weighted by atomic mass is 35.5. The first-order valence-electron chi connectivity index (χ1n) is 6.98. The third-order valence-electron chi connectivity index (χ3n) is 3.73. The number of nitrogens with two attached hydrogens (primary N) is 1. The average Bonchev–Trinajstić information content (AvgIpc) is 2.52. The van der Waals surface area contributed by atoms with Gasteiger partial charge < -0.3 is 20.1 Å². The molecule has 0 bridgehead atoms. The van der Waals surface area contributed by atoms with Gasteiger partial charge in [-0.3, -0.25) is 4.79 Å². The average molecular weight is 313 g/mol. The zero-order valence-corrected chi connectivity index (χ0v) is 13.2. The molecule has 6 heteroatoms. The van der Waals surface area contributed by atoms with Crippen LogP contribution in [-0.4, -0.2) is 45.4 Å². The highest BCUT2D eigenvalue weighted by molar-refractivity contribution is 6.32. The normalized spacial score (nSPS) is 16.7. The Bertz CT molecular complexity index is 516. The van der Waals surface area contributed by atoms with Gasteiger partial charge in [0.05, 0.1) is 20.3 Å². The molecule has 1 fully saturated rings. The van der Waals surface area contributed by atoms with Gasteiger partial charge in [0.1, 0.15) is 6.04 Å². The fourth-order valence-electron chi connectivity index (χ4n) is 2.51. The Balaban J connectivity index is 2.18. The summed E-state index contributed by atoms with van der Waals surface area (Å²) in [6.07, 6.45) is 0.371. The summed E-state index contributed by atoms with van der Waals surface area (Å²) in [6.45, 7) is 5.16. The van der Waals surface area contributed by atoms with Gasteiger partial charge in [0.2, 0.25) is 0 Å². The van der Waals surface area contributed by atoms with Crippen LogP contribution in [0.5, 0.6) is 0 Å². The molecule has 1 heterocycles. The molecule has 0 aliphatic carbocycles. The van der Waals surface area contributed by atoms with E-state index in [1.165, 1.54) is 7.11 Å². The van der Waals surface area contributed by atoms with E-state index in [0.717, 1.165) is 43.1 Å². The molecular weight excluding hydrogens is 292 g/mol. The predicted octanol–water partition coefficient (Wildman–Crippen LogP) is 1.53. The van der Waals surface area contributed by atoms with Crippen LogP contribution < -0.4 is 10.6 Å². The van der Waals surface area contributed by atoms with Crippen molar-refractivity contribution in [1.29, 1.82) is 0 Å². The van der Waals surface area contributed by atoms with Gasteiger partial charge in [-0.05, 0) is 30.5 Å². The number of halogens is 1. The molecule has 0 spiro atoms. The number of rotatable bonds is 4. The molecule has 1 aromatic rings. The maximum atomic E-state index is 11.4. The number of hydrogen-bond acceptors (Lipinski definition) is 5. The van der Waals surface area contributed by atoms with E-state index in [1.54, 1.807) is 0 Å². The number of hydrogen-bond donors (Lipinski definition) is 1. The minimum Gasteiger partial charge on any atom is -0.468 e. The molecule has 2 N–H and O–H groups in total. The molecule has 5 nitrogen and oxygen atoms in total. The van der Waals surface area contributed by atoms with Gasteiger partial charge in [-0.2, -0.15) is 0 Å². The van der Waals surface area contributed by atoms with Crippen molar-refractivity contribution in [2.24, 2.45) is 5.73 Å². The molecule has 1 aliphatic rings. The Morgan fingerprint density at radius 2 is 2.14 bits per heavy atom. The molecule has 0 saturated carbocycles. The molecule has 1 unspecified atom stereocenters. The number of carbonyl (C=O) groups excluding carboxylic acids is 1. The molecule has 0 radical (unpaired) electrons. The van der Waals surface area contributed by atoms with Gasteiger partial charge in [0, 0.05) is 23.8 Å². The van der Waals surface area contributed by atoms with Crippen molar-refractivity contribution in [1.82, 2.24) is 0 Å². The van der Waals surface area contributed by atoms with Crippen molar-refractivity contribution in [2.75, 3.05) is 38.3 Å². The Kier molecular flexibility index (Phi) is 5.45. The first kappa shape index (κ1) is 16.1. The second-order valence-corrected chi connectivity index (χ2v) is 5.49. The van der Waals surface area contributed by atoms with Crippen molar-refractivity contribution < 1.29 is 14.3 Å². The summed E-state index contributed by atoms with van der Waals surface area (Å²) in [4.78, 5) is 13.7. The Morgan fingerprint density at radius 1 is 1.48 bits per heavy atom. The van der Waals surface area contributed by atoms with Crippen molar-refractivity contribution in [2.45, 2.75) is 19.4 Å². The number of anilines is 1. The smallest absolute Gasteiger partial charge is 0.322 e. The minimum atomic E-state index is -0.693. The van der Waals surface area contributed by atoms with Crippen LogP contribution in [0.2, 0.25) is 5.02 Å². The number of nitrogens with zero attached hydrogens (tertiary/aromatic N) is 1. The Morgan fingerprint density at radius 3 is 2.76 bits per heavy atom. The molecular formula is C15H21ClN2O3. The zero-order valence-electron chi connectivity index (χ0n) is 12.4. The van der Waals surface area contributed by atoms with Crippen molar-refractivity contribution in [3.05, 3.63) is 28.3 Å². The maximum Gasteiger partial charge on any atom is 0.322 e. The molecule has 1 aliphatic heterocycles. The third-order valence-corrected chi connectivity index (χ3v) is 4.26. The number of carbonyl (C=O) groups is 1. The van der Waals surface area contributed by atoms with E-state index in [-0.39, 0.29) is 0 Å². The van der Waals surface area contributed by atoms with E-state index < -0.39 is 12.0 Å². The first-order chi connectivity index (χ1) is 10.0. The van der Waals surface area contributed by atoms with E-state index in [2.05, 4.69) is 9.64 Å². The molecule has 1 saturated heterocycles. The number of methoxy groups -OCH3 is 1. The van der Waals surface area contributed by atoms with Gasteiger partial charge in [-0.1, -0.05) is 17.7 Å². The Hall–Kier alpha value is -1.30. The van der Waals surface area contributed by atoms with Gasteiger partial charge >= 0.3 is 5.97 Å². The van der Waals surface area contributed by atoms with Crippen LogP contribution in [0.3, 0.4) is 0 Å². The van der Waals surface area contributed by atoms with E-state index in [4.69, 9.17) is 22.1 Å².